The Morgan fingerprint density at radius 2 is 2.31 bits per heavy atom. The molecule has 0 aliphatic carbocycles. The monoisotopic (exact) mass is 237 g/mol. The van der Waals surface area contributed by atoms with Gasteiger partial charge >= 0.3 is 0 Å². The van der Waals surface area contributed by atoms with Crippen LogP contribution in [0.2, 0.25) is 0 Å². The van der Waals surface area contributed by atoms with Crippen LogP contribution in [0.15, 0.2) is 29.2 Å². The molecule has 0 bridgehead atoms. The van der Waals surface area contributed by atoms with Gasteiger partial charge in [0.05, 0.1) is 6.61 Å². The molecule has 2 nitrogen and oxygen atoms in total. The Hall–Kier alpha value is -0.670. The Labute approximate surface area is 102 Å². The smallest absolute Gasteiger partial charge is 0.132 e. The molecule has 1 saturated heterocycles. The fourth-order valence-corrected chi connectivity index (χ4v) is 2.60. The van der Waals surface area contributed by atoms with E-state index in [2.05, 4.69) is 23.7 Å². The number of para-hydroxylation sites is 1. The molecule has 16 heavy (non-hydrogen) atoms. The Morgan fingerprint density at radius 1 is 1.44 bits per heavy atom. The quantitative estimate of drug-likeness (QED) is 0.796. The van der Waals surface area contributed by atoms with Crippen LogP contribution in [0.3, 0.4) is 0 Å². The van der Waals surface area contributed by atoms with Gasteiger partial charge in [0.25, 0.3) is 0 Å². The molecule has 0 amide bonds. The van der Waals surface area contributed by atoms with Crippen LogP contribution in [0.4, 0.5) is 0 Å². The molecule has 1 N–H and O–H groups in total. The van der Waals surface area contributed by atoms with E-state index in [-0.39, 0.29) is 0 Å². The van der Waals surface area contributed by atoms with Gasteiger partial charge in [-0.3, -0.25) is 0 Å². The second kappa shape index (κ2) is 6.16. The minimum Gasteiger partial charge on any atom is -0.492 e. The highest BCUT2D eigenvalue weighted by molar-refractivity contribution is 7.98. The summed E-state index contributed by atoms with van der Waals surface area (Å²) in [5, 5.41) is 3.49. The van der Waals surface area contributed by atoms with Crippen molar-refractivity contribution in [3.63, 3.8) is 0 Å². The number of hydrogen-bond donors (Lipinski definition) is 1. The maximum Gasteiger partial charge on any atom is 0.132 e. The molecule has 0 aromatic heterocycles. The zero-order chi connectivity index (χ0) is 11.2. The molecule has 1 aliphatic heterocycles. The first-order valence-electron chi connectivity index (χ1n) is 5.89. The van der Waals surface area contributed by atoms with E-state index in [1.807, 2.05) is 12.1 Å². The van der Waals surface area contributed by atoms with Crippen LogP contribution in [0.25, 0.3) is 0 Å². The summed E-state index contributed by atoms with van der Waals surface area (Å²) in [6.45, 7) is 1.99. The van der Waals surface area contributed by atoms with Crippen LogP contribution in [0, 0.1) is 0 Å². The lowest BCUT2D eigenvalue weighted by Crippen LogP contribution is -2.23. The third kappa shape index (κ3) is 3.16. The van der Waals surface area contributed by atoms with Crippen molar-refractivity contribution in [2.24, 2.45) is 0 Å². The van der Waals surface area contributed by atoms with Crippen molar-refractivity contribution in [1.29, 1.82) is 0 Å². The molecular formula is C13H19NOS. The van der Waals surface area contributed by atoms with Gasteiger partial charge in [-0.2, -0.15) is 0 Å². The number of ether oxygens (including phenoxy) is 1. The molecule has 1 heterocycles. The highest BCUT2D eigenvalue weighted by Gasteiger charge is 2.13. The van der Waals surface area contributed by atoms with Crippen molar-refractivity contribution in [3.8, 4) is 5.75 Å². The van der Waals surface area contributed by atoms with Crippen molar-refractivity contribution in [2.75, 3.05) is 19.4 Å². The molecule has 1 atom stereocenters. The van der Waals surface area contributed by atoms with Gasteiger partial charge in [-0.25, -0.2) is 0 Å². The third-order valence-electron chi connectivity index (χ3n) is 2.96. The maximum atomic E-state index is 5.83. The third-order valence-corrected chi connectivity index (χ3v) is 3.73. The normalized spacial score (nSPS) is 19.9. The summed E-state index contributed by atoms with van der Waals surface area (Å²) in [6, 6.07) is 8.91. The van der Waals surface area contributed by atoms with Gasteiger partial charge in [0, 0.05) is 10.9 Å². The average Bonchev–Trinajstić information content (AvgIpc) is 2.83. The van der Waals surface area contributed by atoms with Crippen LogP contribution >= 0.6 is 11.8 Å². The van der Waals surface area contributed by atoms with E-state index in [0.717, 1.165) is 18.8 Å². The predicted octanol–water partition coefficient (Wildman–Crippen LogP) is 2.93. The molecule has 0 radical (unpaired) electrons. The Bertz CT molecular complexity index is 323. The van der Waals surface area contributed by atoms with Gasteiger partial charge in [-0.05, 0) is 44.2 Å². The van der Waals surface area contributed by atoms with Gasteiger partial charge < -0.3 is 10.1 Å². The van der Waals surface area contributed by atoms with Gasteiger partial charge in [0.1, 0.15) is 5.75 Å². The summed E-state index contributed by atoms with van der Waals surface area (Å²) in [5.41, 5.74) is 0. The van der Waals surface area contributed by atoms with Crippen molar-refractivity contribution < 1.29 is 4.74 Å². The fourth-order valence-electron chi connectivity index (χ4n) is 2.05. The lowest BCUT2D eigenvalue weighted by Gasteiger charge is -2.13. The minimum absolute atomic E-state index is 0.668. The number of hydrogen-bond acceptors (Lipinski definition) is 3. The maximum absolute atomic E-state index is 5.83. The van der Waals surface area contributed by atoms with Gasteiger partial charge in [-0.15, -0.1) is 11.8 Å². The van der Waals surface area contributed by atoms with E-state index in [0.29, 0.717) is 6.04 Å². The van der Waals surface area contributed by atoms with E-state index >= 15 is 0 Å². The first-order chi connectivity index (χ1) is 7.90. The Kier molecular flexibility index (Phi) is 4.55. The summed E-state index contributed by atoms with van der Waals surface area (Å²) < 4.78 is 5.83. The van der Waals surface area contributed by atoms with Crippen LogP contribution < -0.4 is 10.1 Å². The number of nitrogens with one attached hydrogen (secondary N) is 1. The van der Waals surface area contributed by atoms with E-state index in [4.69, 9.17) is 4.74 Å². The van der Waals surface area contributed by atoms with E-state index in [9.17, 15) is 0 Å². The van der Waals surface area contributed by atoms with E-state index in [1.54, 1.807) is 11.8 Å². The molecule has 0 saturated carbocycles. The molecule has 3 heteroatoms. The van der Waals surface area contributed by atoms with Crippen molar-refractivity contribution in [1.82, 2.24) is 5.32 Å². The highest BCUT2D eigenvalue weighted by Crippen LogP contribution is 2.27. The van der Waals surface area contributed by atoms with Gasteiger partial charge in [0.15, 0.2) is 0 Å². The standard InChI is InChI=1S/C13H19NOS/c1-16-13-7-3-2-6-12(13)15-10-8-11-5-4-9-14-11/h2-3,6-7,11,14H,4-5,8-10H2,1H3. The summed E-state index contributed by atoms with van der Waals surface area (Å²) >= 11 is 1.74. The first-order valence-corrected chi connectivity index (χ1v) is 7.12. The van der Waals surface area contributed by atoms with Crippen LogP contribution in [-0.4, -0.2) is 25.4 Å². The summed E-state index contributed by atoms with van der Waals surface area (Å²) in [5.74, 6) is 1.02. The molecule has 1 fully saturated rings. The number of thioether (sulfide) groups is 1. The van der Waals surface area contributed by atoms with Crippen molar-refractivity contribution >= 4 is 11.8 Å². The lowest BCUT2D eigenvalue weighted by molar-refractivity contribution is 0.286. The lowest BCUT2D eigenvalue weighted by atomic mass is 10.2. The van der Waals surface area contributed by atoms with Gasteiger partial charge in [-0.1, -0.05) is 12.1 Å². The van der Waals surface area contributed by atoms with Crippen LogP contribution in [0.1, 0.15) is 19.3 Å². The molecule has 1 aliphatic rings. The molecule has 1 unspecified atom stereocenters. The first kappa shape index (κ1) is 11.8. The molecule has 0 spiro atoms. The minimum atomic E-state index is 0.668. The van der Waals surface area contributed by atoms with E-state index in [1.165, 1.54) is 24.3 Å². The van der Waals surface area contributed by atoms with E-state index < -0.39 is 0 Å². The topological polar surface area (TPSA) is 21.3 Å². The Morgan fingerprint density at radius 3 is 3.06 bits per heavy atom. The van der Waals surface area contributed by atoms with Crippen LogP contribution in [-0.2, 0) is 0 Å². The Balaban J connectivity index is 1.79. The predicted molar refractivity (Wildman–Crippen MR) is 69.4 cm³/mol. The molecule has 1 aromatic rings. The van der Waals surface area contributed by atoms with Gasteiger partial charge in [0.2, 0.25) is 0 Å². The molecule has 1 aromatic carbocycles. The summed E-state index contributed by atoms with van der Waals surface area (Å²) in [7, 11) is 0. The number of benzene rings is 1. The molecule has 88 valence electrons. The second-order valence-corrected chi connectivity index (χ2v) is 4.93. The fraction of sp³-hybridized carbons (Fsp3) is 0.538. The summed E-state index contributed by atoms with van der Waals surface area (Å²) in [6.07, 6.45) is 5.81. The number of rotatable bonds is 5. The SMILES string of the molecule is CSc1ccccc1OCCC1CCCN1. The van der Waals surface area contributed by atoms with Crippen molar-refractivity contribution in [2.45, 2.75) is 30.2 Å². The van der Waals surface area contributed by atoms with Crippen LogP contribution in [0.5, 0.6) is 5.75 Å². The molecular weight excluding hydrogens is 218 g/mol. The molecule has 2 rings (SSSR count). The zero-order valence-electron chi connectivity index (χ0n) is 9.74. The summed E-state index contributed by atoms with van der Waals surface area (Å²) in [4.78, 5) is 1.22. The average molecular weight is 237 g/mol. The largest absolute Gasteiger partial charge is 0.492 e. The van der Waals surface area contributed by atoms with Crippen molar-refractivity contribution in [3.05, 3.63) is 24.3 Å². The highest BCUT2D eigenvalue weighted by atomic mass is 32.2. The second-order valence-electron chi connectivity index (χ2n) is 4.08. The zero-order valence-corrected chi connectivity index (χ0v) is 10.6.